The maximum Gasteiger partial charge on any atom is 0.263 e. The van der Waals surface area contributed by atoms with E-state index in [4.69, 9.17) is 14.2 Å². The molecule has 0 bridgehead atoms. The van der Waals surface area contributed by atoms with Crippen molar-refractivity contribution in [2.75, 3.05) is 33.3 Å². The number of hydrogen-bond donors (Lipinski definition) is 0. The summed E-state index contributed by atoms with van der Waals surface area (Å²) in [6.07, 6.45) is 0. The summed E-state index contributed by atoms with van der Waals surface area (Å²) >= 11 is 1.33. The molecule has 27 heavy (non-hydrogen) atoms. The van der Waals surface area contributed by atoms with Gasteiger partial charge in [0.05, 0.1) is 26.9 Å². The Bertz CT molecular complexity index is 940. The van der Waals surface area contributed by atoms with E-state index < -0.39 is 0 Å². The number of amides is 1. The highest BCUT2D eigenvalue weighted by molar-refractivity contribution is 7.18. The molecular weight excluding hydrogens is 366 g/mol. The van der Waals surface area contributed by atoms with Crippen molar-refractivity contribution in [3.63, 3.8) is 0 Å². The molecule has 0 fully saturated rings. The molecule has 1 amide bonds. The molecule has 0 saturated carbocycles. The third kappa shape index (κ3) is 3.85. The Kier molecular flexibility index (Phi) is 5.56. The van der Waals surface area contributed by atoms with Crippen LogP contribution in [0.25, 0.3) is 10.6 Å². The van der Waals surface area contributed by atoms with Gasteiger partial charge in [-0.05, 0) is 36.4 Å². The van der Waals surface area contributed by atoms with Crippen molar-refractivity contribution in [3.05, 3.63) is 48.0 Å². The predicted molar refractivity (Wildman–Crippen MR) is 104 cm³/mol. The van der Waals surface area contributed by atoms with Gasteiger partial charge in [0, 0.05) is 18.7 Å². The maximum atomic E-state index is 12.9. The highest BCUT2D eigenvalue weighted by Crippen LogP contribution is 2.31. The second-order valence-corrected chi connectivity index (χ2v) is 6.50. The molecule has 0 saturated heterocycles. The zero-order valence-corrected chi connectivity index (χ0v) is 16.2. The van der Waals surface area contributed by atoms with Gasteiger partial charge in [-0.15, -0.1) is 10.2 Å². The Morgan fingerprint density at radius 3 is 2.22 bits per heavy atom. The summed E-state index contributed by atoms with van der Waals surface area (Å²) in [4.78, 5) is 14.3. The van der Waals surface area contributed by atoms with E-state index >= 15 is 0 Å². The van der Waals surface area contributed by atoms with E-state index in [-0.39, 0.29) is 5.91 Å². The van der Waals surface area contributed by atoms with E-state index in [9.17, 15) is 4.79 Å². The number of benzene rings is 2. The fraction of sp³-hybridized carbons (Fsp3) is 0.211. The van der Waals surface area contributed by atoms with E-state index in [1.54, 1.807) is 39.5 Å². The van der Waals surface area contributed by atoms with Crippen LogP contribution in [0.3, 0.4) is 0 Å². The SMILES string of the molecule is COc1ccc(-c2nnc(N(C)C(=O)c3ccc(OC)cc3OC)s2)cc1. The normalized spacial score (nSPS) is 10.4. The van der Waals surface area contributed by atoms with Crippen LogP contribution in [0.1, 0.15) is 10.4 Å². The fourth-order valence-electron chi connectivity index (χ4n) is 2.44. The zero-order valence-electron chi connectivity index (χ0n) is 15.4. The molecule has 3 rings (SSSR count). The van der Waals surface area contributed by atoms with Gasteiger partial charge in [-0.3, -0.25) is 9.69 Å². The van der Waals surface area contributed by atoms with Gasteiger partial charge >= 0.3 is 0 Å². The summed E-state index contributed by atoms with van der Waals surface area (Å²) in [6.45, 7) is 0. The number of carbonyl (C=O) groups excluding carboxylic acids is 1. The van der Waals surface area contributed by atoms with Crippen LogP contribution in [-0.2, 0) is 0 Å². The summed E-state index contributed by atoms with van der Waals surface area (Å²) in [5, 5.41) is 9.55. The van der Waals surface area contributed by atoms with Crippen LogP contribution in [0.2, 0.25) is 0 Å². The fourth-order valence-corrected chi connectivity index (χ4v) is 3.25. The number of hydrogen-bond acceptors (Lipinski definition) is 7. The first-order valence-corrected chi connectivity index (χ1v) is 8.87. The Morgan fingerprint density at radius 1 is 0.926 bits per heavy atom. The summed E-state index contributed by atoms with van der Waals surface area (Å²) in [7, 11) is 6.35. The van der Waals surface area contributed by atoms with Crippen LogP contribution >= 0.6 is 11.3 Å². The molecule has 0 aliphatic heterocycles. The molecule has 0 radical (unpaired) electrons. The number of nitrogens with zero attached hydrogens (tertiary/aromatic N) is 3. The Labute approximate surface area is 161 Å². The standard InChI is InChI=1S/C19H19N3O4S/c1-22(18(23)15-10-9-14(25-3)11-16(15)26-4)19-21-20-17(27-19)12-5-7-13(24-2)8-6-12/h5-11H,1-4H3. The number of carbonyl (C=O) groups is 1. The van der Waals surface area contributed by atoms with Crippen molar-refractivity contribution in [1.82, 2.24) is 10.2 Å². The third-order valence-corrected chi connectivity index (χ3v) is 5.03. The molecule has 3 aromatic rings. The second-order valence-electron chi connectivity index (χ2n) is 5.55. The van der Waals surface area contributed by atoms with Gasteiger partial charge in [-0.2, -0.15) is 0 Å². The van der Waals surface area contributed by atoms with E-state index in [1.165, 1.54) is 23.3 Å². The van der Waals surface area contributed by atoms with Gasteiger partial charge < -0.3 is 14.2 Å². The molecule has 7 nitrogen and oxygen atoms in total. The average Bonchev–Trinajstić information content (AvgIpc) is 3.22. The van der Waals surface area contributed by atoms with Crippen LogP contribution in [0.4, 0.5) is 5.13 Å². The Balaban J connectivity index is 1.84. The van der Waals surface area contributed by atoms with Gasteiger partial charge in [0.25, 0.3) is 5.91 Å². The lowest BCUT2D eigenvalue weighted by atomic mass is 10.1. The lowest BCUT2D eigenvalue weighted by Crippen LogP contribution is -2.26. The van der Waals surface area contributed by atoms with Crippen LogP contribution in [0.15, 0.2) is 42.5 Å². The molecule has 0 spiro atoms. The number of aromatic nitrogens is 2. The number of methoxy groups -OCH3 is 3. The minimum absolute atomic E-state index is 0.244. The largest absolute Gasteiger partial charge is 0.497 e. The molecular formula is C19H19N3O4S. The van der Waals surface area contributed by atoms with Crippen molar-refractivity contribution in [3.8, 4) is 27.8 Å². The molecule has 140 valence electrons. The monoisotopic (exact) mass is 385 g/mol. The van der Waals surface area contributed by atoms with Crippen molar-refractivity contribution in [2.45, 2.75) is 0 Å². The number of ether oxygens (including phenoxy) is 3. The summed E-state index contributed by atoms with van der Waals surface area (Å²) < 4.78 is 15.7. The third-order valence-electron chi connectivity index (χ3n) is 3.98. The van der Waals surface area contributed by atoms with Crippen LogP contribution in [-0.4, -0.2) is 44.5 Å². The molecule has 0 aliphatic rings. The molecule has 8 heteroatoms. The van der Waals surface area contributed by atoms with E-state index in [0.717, 1.165) is 11.3 Å². The molecule has 1 heterocycles. The minimum Gasteiger partial charge on any atom is -0.497 e. The second kappa shape index (κ2) is 8.05. The van der Waals surface area contributed by atoms with Crippen molar-refractivity contribution >= 4 is 22.4 Å². The summed E-state index contributed by atoms with van der Waals surface area (Å²) in [6, 6.07) is 12.6. The topological polar surface area (TPSA) is 73.8 Å². The lowest BCUT2D eigenvalue weighted by Gasteiger charge is -2.15. The first-order valence-electron chi connectivity index (χ1n) is 8.05. The first kappa shape index (κ1) is 18.7. The smallest absolute Gasteiger partial charge is 0.263 e. The van der Waals surface area contributed by atoms with Crippen LogP contribution < -0.4 is 19.1 Å². The van der Waals surface area contributed by atoms with Gasteiger partial charge in [0.2, 0.25) is 5.13 Å². The van der Waals surface area contributed by atoms with Gasteiger partial charge in [0.1, 0.15) is 22.3 Å². The average molecular weight is 385 g/mol. The van der Waals surface area contributed by atoms with Crippen molar-refractivity contribution < 1.29 is 19.0 Å². The van der Waals surface area contributed by atoms with Crippen molar-refractivity contribution in [1.29, 1.82) is 0 Å². The predicted octanol–water partition coefficient (Wildman–Crippen LogP) is 3.51. The lowest BCUT2D eigenvalue weighted by molar-refractivity contribution is 0.0990. The molecule has 0 aliphatic carbocycles. The van der Waals surface area contributed by atoms with Gasteiger partial charge in [-0.25, -0.2) is 0 Å². The maximum absolute atomic E-state index is 12.9. The summed E-state index contributed by atoms with van der Waals surface area (Å²) in [5.41, 5.74) is 1.32. The van der Waals surface area contributed by atoms with Gasteiger partial charge in [-0.1, -0.05) is 11.3 Å². The Morgan fingerprint density at radius 2 is 1.59 bits per heavy atom. The van der Waals surface area contributed by atoms with Crippen LogP contribution in [0.5, 0.6) is 17.2 Å². The quantitative estimate of drug-likeness (QED) is 0.646. The Hall–Kier alpha value is -3.13. The summed E-state index contributed by atoms with van der Waals surface area (Å²) in [5.74, 6) is 1.57. The van der Waals surface area contributed by atoms with Gasteiger partial charge in [0.15, 0.2) is 0 Å². The number of anilines is 1. The molecule has 0 atom stereocenters. The zero-order chi connectivity index (χ0) is 19.4. The molecule has 0 unspecified atom stereocenters. The first-order chi connectivity index (χ1) is 13.1. The van der Waals surface area contributed by atoms with E-state index in [2.05, 4.69) is 10.2 Å². The van der Waals surface area contributed by atoms with E-state index in [0.29, 0.717) is 27.2 Å². The number of rotatable bonds is 6. The molecule has 0 N–H and O–H groups in total. The highest BCUT2D eigenvalue weighted by atomic mass is 32.1. The van der Waals surface area contributed by atoms with E-state index in [1.807, 2.05) is 24.3 Å². The molecule has 1 aromatic heterocycles. The minimum atomic E-state index is -0.244. The molecule has 2 aromatic carbocycles. The highest BCUT2D eigenvalue weighted by Gasteiger charge is 2.21. The van der Waals surface area contributed by atoms with Crippen molar-refractivity contribution in [2.24, 2.45) is 0 Å². The van der Waals surface area contributed by atoms with Crippen LogP contribution in [0, 0.1) is 0 Å².